The van der Waals surface area contributed by atoms with Crippen LogP contribution in [0, 0.1) is 6.92 Å². The molecule has 0 aliphatic rings. The fraction of sp³-hybridized carbons (Fsp3) is 0.150. The van der Waals surface area contributed by atoms with Crippen LogP contribution >= 0.6 is 35.1 Å². The molecule has 0 radical (unpaired) electrons. The Bertz CT molecular complexity index is 973. The van der Waals surface area contributed by atoms with Crippen LogP contribution in [0.2, 0.25) is 5.02 Å². The van der Waals surface area contributed by atoms with Gasteiger partial charge in [0.2, 0.25) is 5.91 Å². The van der Waals surface area contributed by atoms with Crippen molar-refractivity contribution in [2.45, 2.75) is 28.4 Å². The number of hydrogen-bond donors (Lipinski definition) is 1. The van der Waals surface area contributed by atoms with E-state index in [1.165, 1.54) is 11.8 Å². The number of benzene rings is 2. The lowest BCUT2D eigenvalue weighted by atomic mass is 10.3. The largest absolute Gasteiger partial charge is 0.324 e. The summed E-state index contributed by atoms with van der Waals surface area (Å²) < 4.78 is 1.93. The molecule has 0 atom stereocenters. The highest BCUT2D eigenvalue weighted by Crippen LogP contribution is 2.34. The Morgan fingerprint density at radius 1 is 1.21 bits per heavy atom. The van der Waals surface area contributed by atoms with E-state index in [1.54, 1.807) is 17.8 Å². The Morgan fingerprint density at radius 3 is 2.71 bits per heavy atom. The lowest BCUT2D eigenvalue weighted by Crippen LogP contribution is -2.15. The number of hydrogen-bond acceptors (Lipinski definition) is 5. The predicted molar refractivity (Wildman–Crippen MR) is 116 cm³/mol. The number of carbonyl (C=O) groups is 1. The van der Waals surface area contributed by atoms with E-state index >= 15 is 0 Å². The first kappa shape index (κ1) is 20.5. The van der Waals surface area contributed by atoms with E-state index in [1.807, 2.05) is 60.0 Å². The van der Waals surface area contributed by atoms with Crippen molar-refractivity contribution in [3.05, 3.63) is 72.0 Å². The van der Waals surface area contributed by atoms with Crippen LogP contribution in [0.1, 0.15) is 5.82 Å². The molecule has 5 nitrogen and oxygen atoms in total. The lowest BCUT2D eigenvalue weighted by molar-refractivity contribution is -0.113. The highest BCUT2D eigenvalue weighted by Gasteiger charge is 2.12. The summed E-state index contributed by atoms with van der Waals surface area (Å²) in [5.74, 6) is 0.947. The number of nitrogens with one attached hydrogen (secondary N) is 1. The first-order valence-electron chi connectivity index (χ1n) is 8.52. The predicted octanol–water partition coefficient (Wildman–Crippen LogP) is 5.31. The molecule has 0 bridgehead atoms. The molecule has 28 heavy (non-hydrogen) atoms. The highest BCUT2D eigenvalue weighted by molar-refractivity contribution is 8.00. The van der Waals surface area contributed by atoms with Gasteiger partial charge in [-0.1, -0.05) is 53.3 Å². The van der Waals surface area contributed by atoms with Crippen molar-refractivity contribution in [2.75, 3.05) is 11.1 Å². The van der Waals surface area contributed by atoms with Crippen LogP contribution in [0.5, 0.6) is 0 Å². The third kappa shape index (κ3) is 5.41. The van der Waals surface area contributed by atoms with Crippen molar-refractivity contribution in [2.24, 2.45) is 0 Å². The Morgan fingerprint density at radius 2 is 1.96 bits per heavy atom. The number of halogens is 1. The van der Waals surface area contributed by atoms with Gasteiger partial charge >= 0.3 is 0 Å². The minimum Gasteiger partial charge on any atom is -0.324 e. The second-order valence-electron chi connectivity index (χ2n) is 5.82. The monoisotopic (exact) mass is 430 g/mol. The van der Waals surface area contributed by atoms with Gasteiger partial charge in [-0.15, -0.1) is 16.8 Å². The van der Waals surface area contributed by atoms with Gasteiger partial charge in [-0.3, -0.25) is 4.79 Å². The van der Waals surface area contributed by atoms with Crippen molar-refractivity contribution in [1.29, 1.82) is 0 Å². The minimum atomic E-state index is -0.0973. The molecule has 0 spiro atoms. The van der Waals surface area contributed by atoms with E-state index in [2.05, 4.69) is 22.1 Å². The molecule has 1 aromatic heterocycles. The fourth-order valence-corrected chi connectivity index (χ4v) is 4.23. The molecule has 0 fully saturated rings. The fourth-order valence-electron chi connectivity index (χ4n) is 2.41. The summed E-state index contributed by atoms with van der Waals surface area (Å²) in [4.78, 5) is 14.5. The maximum absolute atomic E-state index is 12.5. The molecule has 3 rings (SSSR count). The maximum atomic E-state index is 12.5. The van der Waals surface area contributed by atoms with Crippen molar-refractivity contribution in [3.8, 4) is 0 Å². The van der Waals surface area contributed by atoms with Crippen molar-refractivity contribution >= 4 is 46.7 Å². The summed E-state index contributed by atoms with van der Waals surface area (Å²) in [6, 6.07) is 15.3. The number of anilines is 1. The average molecular weight is 431 g/mol. The normalized spacial score (nSPS) is 10.6. The SMILES string of the molecule is C=CCn1c(C)nnc1SCC(=O)Nc1ccccc1Sc1ccc(Cl)cc1. The average Bonchev–Trinajstić information content (AvgIpc) is 3.04. The summed E-state index contributed by atoms with van der Waals surface area (Å²) in [6.07, 6.45) is 1.78. The number of nitrogens with zero attached hydrogens (tertiary/aromatic N) is 3. The minimum absolute atomic E-state index is 0.0973. The number of amides is 1. The van der Waals surface area contributed by atoms with Crippen molar-refractivity contribution in [1.82, 2.24) is 14.8 Å². The Hall–Kier alpha value is -2.22. The second kappa shape index (κ2) is 9.82. The van der Waals surface area contributed by atoms with Crippen LogP contribution < -0.4 is 5.32 Å². The number of aryl methyl sites for hydroxylation is 1. The van der Waals surface area contributed by atoms with E-state index in [0.717, 1.165) is 21.3 Å². The highest BCUT2D eigenvalue weighted by atomic mass is 35.5. The third-order valence-corrected chi connectivity index (χ3v) is 6.05. The zero-order chi connectivity index (χ0) is 19.9. The molecule has 0 unspecified atom stereocenters. The van der Waals surface area contributed by atoms with Gasteiger partial charge in [0.1, 0.15) is 5.82 Å². The van der Waals surface area contributed by atoms with Crippen molar-refractivity contribution in [3.63, 3.8) is 0 Å². The third-order valence-electron chi connectivity index (χ3n) is 3.75. The molecule has 1 N–H and O–H groups in total. The topological polar surface area (TPSA) is 59.8 Å². The van der Waals surface area contributed by atoms with E-state index in [0.29, 0.717) is 16.7 Å². The van der Waals surface area contributed by atoms with E-state index in [9.17, 15) is 4.79 Å². The number of thioether (sulfide) groups is 1. The molecular formula is C20H19ClN4OS2. The Kier molecular flexibility index (Phi) is 7.19. The molecule has 1 amide bonds. The molecule has 0 saturated carbocycles. The number of allylic oxidation sites excluding steroid dienone is 1. The summed E-state index contributed by atoms with van der Waals surface area (Å²) in [5.41, 5.74) is 0.775. The number of rotatable bonds is 8. The van der Waals surface area contributed by atoms with Gasteiger partial charge in [-0.25, -0.2) is 0 Å². The summed E-state index contributed by atoms with van der Waals surface area (Å²) in [7, 11) is 0. The van der Waals surface area contributed by atoms with Gasteiger partial charge in [0.05, 0.1) is 11.4 Å². The summed E-state index contributed by atoms with van der Waals surface area (Å²) >= 11 is 8.88. The van der Waals surface area contributed by atoms with Gasteiger partial charge in [-0.2, -0.15) is 0 Å². The van der Waals surface area contributed by atoms with Crippen LogP contribution in [0.15, 0.2) is 76.1 Å². The summed E-state index contributed by atoms with van der Waals surface area (Å²) in [5, 5.41) is 12.6. The standard InChI is InChI=1S/C20H19ClN4OS2/c1-3-12-25-14(2)23-24-20(25)27-13-19(26)22-17-6-4-5-7-18(17)28-16-10-8-15(21)9-11-16/h3-11H,1,12-13H2,2H3,(H,22,26). The first-order valence-corrected chi connectivity index (χ1v) is 10.7. The molecule has 8 heteroatoms. The van der Waals surface area contributed by atoms with E-state index in [4.69, 9.17) is 11.6 Å². The van der Waals surface area contributed by atoms with Crippen LogP contribution in [0.25, 0.3) is 0 Å². The number of para-hydroxylation sites is 1. The zero-order valence-corrected chi connectivity index (χ0v) is 17.7. The van der Waals surface area contributed by atoms with E-state index in [-0.39, 0.29) is 11.7 Å². The van der Waals surface area contributed by atoms with E-state index < -0.39 is 0 Å². The Labute approximate surface area is 177 Å². The molecule has 2 aromatic carbocycles. The van der Waals surface area contributed by atoms with Crippen LogP contribution in [0.4, 0.5) is 5.69 Å². The number of aromatic nitrogens is 3. The number of carbonyl (C=O) groups excluding carboxylic acids is 1. The lowest BCUT2D eigenvalue weighted by Gasteiger charge is -2.11. The quantitative estimate of drug-likeness (QED) is 0.387. The van der Waals surface area contributed by atoms with Crippen LogP contribution in [-0.4, -0.2) is 26.4 Å². The molecule has 0 aliphatic heterocycles. The second-order valence-corrected chi connectivity index (χ2v) is 8.31. The molecule has 1 heterocycles. The molecule has 0 aliphatic carbocycles. The maximum Gasteiger partial charge on any atom is 0.234 e. The van der Waals surface area contributed by atoms with Crippen LogP contribution in [0.3, 0.4) is 0 Å². The zero-order valence-electron chi connectivity index (χ0n) is 15.3. The van der Waals surface area contributed by atoms with Crippen molar-refractivity contribution < 1.29 is 4.79 Å². The van der Waals surface area contributed by atoms with Gasteiger partial charge < -0.3 is 9.88 Å². The molecule has 144 valence electrons. The van der Waals surface area contributed by atoms with Gasteiger partial charge in [0.15, 0.2) is 5.16 Å². The van der Waals surface area contributed by atoms with Gasteiger partial charge in [-0.05, 0) is 43.3 Å². The Balaban J connectivity index is 1.64. The van der Waals surface area contributed by atoms with Crippen LogP contribution in [-0.2, 0) is 11.3 Å². The van der Waals surface area contributed by atoms with Gasteiger partial charge in [0, 0.05) is 21.4 Å². The van der Waals surface area contributed by atoms with Gasteiger partial charge in [0.25, 0.3) is 0 Å². The molecule has 3 aromatic rings. The summed E-state index contributed by atoms with van der Waals surface area (Å²) in [6.45, 7) is 6.24. The molecule has 0 saturated heterocycles. The molecular weight excluding hydrogens is 412 g/mol. The smallest absolute Gasteiger partial charge is 0.234 e. The first-order chi connectivity index (χ1) is 13.6.